The summed E-state index contributed by atoms with van der Waals surface area (Å²) in [5.41, 5.74) is 6.94. The minimum absolute atomic E-state index is 0.232. The number of hydrogen-bond donors (Lipinski definition) is 2. The second-order valence-corrected chi connectivity index (χ2v) is 7.18. The van der Waals surface area contributed by atoms with Crippen LogP contribution in [-0.4, -0.2) is 28.6 Å². The van der Waals surface area contributed by atoms with E-state index in [-0.39, 0.29) is 23.9 Å². The lowest BCUT2D eigenvalue weighted by atomic mass is 9.84. The van der Waals surface area contributed by atoms with Crippen LogP contribution in [0.15, 0.2) is 35.6 Å². The molecule has 2 atom stereocenters. The number of nitrogen functional groups attached to an aromatic ring is 1. The van der Waals surface area contributed by atoms with E-state index in [9.17, 15) is 9.50 Å². The fourth-order valence-electron chi connectivity index (χ4n) is 3.34. The molecule has 0 spiro atoms. The van der Waals surface area contributed by atoms with Gasteiger partial charge in [-0.1, -0.05) is 0 Å². The van der Waals surface area contributed by atoms with Gasteiger partial charge in [0, 0.05) is 11.1 Å². The molecule has 1 heterocycles. The number of aliphatic hydroxyl groups excluding tert-OH is 1. The first kappa shape index (κ1) is 16.1. The summed E-state index contributed by atoms with van der Waals surface area (Å²) in [5, 5.41) is 10.2. The molecule has 0 bridgehead atoms. The molecule has 1 aromatic heterocycles. The average Bonchev–Trinajstić information content (AvgIpc) is 3.25. The highest BCUT2D eigenvalue weighted by Crippen LogP contribution is 2.49. The first-order valence-corrected chi connectivity index (χ1v) is 8.04. The number of hydrogen-bond acceptors (Lipinski definition) is 3. The topological polar surface area (TPSA) is 60.4 Å². The molecule has 0 amide bonds. The molecule has 2 aliphatic rings. The molecule has 0 saturated heterocycles. The van der Waals surface area contributed by atoms with Crippen LogP contribution in [0.5, 0.6) is 0 Å². The highest BCUT2D eigenvalue weighted by molar-refractivity contribution is 5.41. The van der Waals surface area contributed by atoms with Crippen molar-refractivity contribution in [3.05, 3.63) is 41.3 Å². The number of halogens is 1. The Balaban J connectivity index is 1.96. The van der Waals surface area contributed by atoms with Crippen molar-refractivity contribution in [2.75, 3.05) is 19.0 Å². The molecule has 1 fully saturated rings. The van der Waals surface area contributed by atoms with Crippen LogP contribution in [0.25, 0.3) is 0 Å². The number of aryl methyl sites for hydroxylation is 1. The Labute approximate surface area is 136 Å². The summed E-state index contributed by atoms with van der Waals surface area (Å²) in [6, 6.07) is 3.54. The van der Waals surface area contributed by atoms with Crippen molar-refractivity contribution in [1.29, 1.82) is 0 Å². The molecule has 23 heavy (non-hydrogen) atoms. The number of allylic oxidation sites excluding steroid dienone is 1. The molecule has 2 unspecified atom stereocenters. The predicted molar refractivity (Wildman–Crippen MR) is 89.1 cm³/mol. The molecule has 3 N–H and O–H groups in total. The maximum Gasteiger partial charge on any atom is 0.116 e. The molecule has 4 nitrogen and oxygen atoms in total. The van der Waals surface area contributed by atoms with Gasteiger partial charge in [0.2, 0.25) is 0 Å². The number of anilines is 1. The van der Waals surface area contributed by atoms with E-state index >= 15 is 0 Å². The minimum Gasteiger partial charge on any atom is -0.508 e. The third-order valence-electron chi connectivity index (χ3n) is 5.27. The van der Waals surface area contributed by atoms with Crippen molar-refractivity contribution < 1.29 is 14.2 Å². The summed E-state index contributed by atoms with van der Waals surface area (Å²) in [6.07, 6.45) is 5.26. The molecule has 5 heteroatoms. The van der Waals surface area contributed by atoms with Gasteiger partial charge < -0.3 is 20.1 Å². The van der Waals surface area contributed by atoms with Gasteiger partial charge in [-0.2, -0.15) is 0 Å². The van der Waals surface area contributed by atoms with E-state index in [1.165, 1.54) is 0 Å². The lowest BCUT2D eigenvalue weighted by molar-refractivity contribution is -0.0501. The van der Waals surface area contributed by atoms with Gasteiger partial charge in [0.15, 0.2) is 0 Å². The average molecular weight is 320 g/mol. The normalized spacial score (nSPS) is 29.1. The van der Waals surface area contributed by atoms with Crippen LogP contribution in [-0.2, 0) is 4.74 Å². The number of aromatic nitrogens is 1. The molecule has 0 aliphatic heterocycles. The number of ether oxygens (including phenoxy) is 1. The van der Waals surface area contributed by atoms with Crippen LogP contribution in [0.4, 0.5) is 10.2 Å². The summed E-state index contributed by atoms with van der Waals surface area (Å²) >= 11 is 0. The van der Waals surface area contributed by atoms with E-state index in [0.29, 0.717) is 12.4 Å². The number of nitrogens with zero attached hydrogens (tertiary/aromatic N) is 1. The molecular formula is C18H25FN2O2. The second-order valence-electron chi connectivity index (χ2n) is 7.18. The Morgan fingerprint density at radius 1 is 1.39 bits per heavy atom. The van der Waals surface area contributed by atoms with Gasteiger partial charge in [0.25, 0.3) is 0 Å². The van der Waals surface area contributed by atoms with Gasteiger partial charge in [-0.05, 0) is 63.5 Å². The third-order valence-corrected chi connectivity index (χ3v) is 5.27. The summed E-state index contributed by atoms with van der Waals surface area (Å²) < 4.78 is 21.4. The van der Waals surface area contributed by atoms with E-state index in [4.69, 9.17) is 10.5 Å². The first-order valence-electron chi connectivity index (χ1n) is 8.04. The SMILES string of the molecule is CC1=C(O)C=CC(C)(OCC2(CF)CC2)C1n1c(C)ccc1N. The molecule has 0 aromatic carbocycles. The number of alkyl halides is 1. The Morgan fingerprint density at radius 3 is 2.61 bits per heavy atom. The summed E-state index contributed by atoms with van der Waals surface area (Å²) in [4.78, 5) is 0. The van der Waals surface area contributed by atoms with E-state index in [1.54, 1.807) is 6.08 Å². The Morgan fingerprint density at radius 2 is 2.09 bits per heavy atom. The van der Waals surface area contributed by atoms with Crippen molar-refractivity contribution in [2.45, 2.75) is 45.3 Å². The highest BCUT2D eigenvalue weighted by Gasteiger charge is 2.47. The Hall–Kier alpha value is -1.75. The van der Waals surface area contributed by atoms with E-state index in [0.717, 1.165) is 24.1 Å². The van der Waals surface area contributed by atoms with Crippen LogP contribution in [0.1, 0.15) is 38.4 Å². The van der Waals surface area contributed by atoms with Crippen molar-refractivity contribution >= 4 is 5.82 Å². The summed E-state index contributed by atoms with van der Waals surface area (Å²) in [6.45, 7) is 5.87. The van der Waals surface area contributed by atoms with Crippen LogP contribution < -0.4 is 5.73 Å². The molecule has 1 aromatic rings. The largest absolute Gasteiger partial charge is 0.508 e. The zero-order chi connectivity index (χ0) is 16.8. The van der Waals surface area contributed by atoms with Gasteiger partial charge in [0.05, 0.1) is 19.3 Å². The van der Waals surface area contributed by atoms with Crippen molar-refractivity contribution in [3.8, 4) is 0 Å². The molecule has 3 rings (SSSR count). The zero-order valence-corrected chi connectivity index (χ0v) is 14.0. The van der Waals surface area contributed by atoms with Gasteiger partial charge in [-0.25, -0.2) is 0 Å². The van der Waals surface area contributed by atoms with E-state index < -0.39 is 5.60 Å². The molecule has 1 saturated carbocycles. The smallest absolute Gasteiger partial charge is 0.116 e. The lowest BCUT2D eigenvalue weighted by Crippen LogP contribution is -2.42. The summed E-state index contributed by atoms with van der Waals surface area (Å²) in [7, 11) is 0. The van der Waals surface area contributed by atoms with E-state index in [2.05, 4.69) is 0 Å². The van der Waals surface area contributed by atoms with E-state index in [1.807, 2.05) is 43.5 Å². The monoisotopic (exact) mass is 320 g/mol. The number of rotatable bonds is 5. The van der Waals surface area contributed by atoms with Crippen LogP contribution in [0, 0.1) is 12.3 Å². The highest BCUT2D eigenvalue weighted by atomic mass is 19.1. The first-order chi connectivity index (χ1) is 10.8. The maximum absolute atomic E-state index is 13.2. The molecular weight excluding hydrogens is 295 g/mol. The van der Waals surface area contributed by atoms with Gasteiger partial charge >= 0.3 is 0 Å². The Kier molecular flexibility index (Phi) is 3.79. The number of aliphatic hydroxyl groups is 1. The quantitative estimate of drug-likeness (QED) is 0.866. The van der Waals surface area contributed by atoms with Crippen LogP contribution in [0.3, 0.4) is 0 Å². The fourth-order valence-corrected chi connectivity index (χ4v) is 3.34. The second kappa shape index (κ2) is 5.41. The van der Waals surface area contributed by atoms with Gasteiger partial charge in [0.1, 0.15) is 17.2 Å². The predicted octanol–water partition coefficient (Wildman–Crippen LogP) is 3.85. The van der Waals surface area contributed by atoms with Crippen molar-refractivity contribution in [2.24, 2.45) is 5.41 Å². The van der Waals surface area contributed by atoms with Gasteiger partial charge in [-0.3, -0.25) is 4.39 Å². The van der Waals surface area contributed by atoms with Crippen LogP contribution >= 0.6 is 0 Å². The van der Waals surface area contributed by atoms with Crippen molar-refractivity contribution in [1.82, 2.24) is 4.57 Å². The van der Waals surface area contributed by atoms with Crippen molar-refractivity contribution in [3.63, 3.8) is 0 Å². The standard InChI is InChI=1S/C18H25FN2O2/c1-12-4-5-15(20)21(12)16-13(2)14(22)6-7-17(16,3)23-11-18(10-19)8-9-18/h4-7,16,22H,8-11,20H2,1-3H3. The van der Waals surface area contributed by atoms with Gasteiger partial charge in [-0.15, -0.1) is 0 Å². The molecule has 126 valence electrons. The molecule has 0 radical (unpaired) electrons. The maximum atomic E-state index is 13.2. The molecule has 2 aliphatic carbocycles. The number of nitrogens with two attached hydrogens (primary N) is 1. The Bertz CT molecular complexity index is 653. The minimum atomic E-state index is -0.682. The fraction of sp³-hybridized carbons (Fsp3) is 0.556. The zero-order valence-electron chi connectivity index (χ0n) is 14.0. The lowest BCUT2D eigenvalue weighted by Gasteiger charge is -2.41. The van der Waals surface area contributed by atoms with Crippen LogP contribution in [0.2, 0.25) is 0 Å². The summed E-state index contributed by atoms with van der Waals surface area (Å²) in [5.74, 6) is 0.853. The third kappa shape index (κ3) is 2.67.